The minimum atomic E-state index is -3.74. The van der Waals surface area contributed by atoms with Gasteiger partial charge in [0.15, 0.2) is 0 Å². The molecule has 0 spiro atoms. The number of anilines is 2. The summed E-state index contributed by atoms with van der Waals surface area (Å²) in [7, 11) is -3.74. The van der Waals surface area contributed by atoms with Crippen molar-refractivity contribution >= 4 is 33.0 Å². The molecule has 6 heteroatoms. The van der Waals surface area contributed by atoms with Gasteiger partial charge in [-0.1, -0.05) is 35.9 Å². The smallest absolute Gasteiger partial charge is 0.265 e. The number of hydrogen-bond donors (Lipinski definition) is 1. The quantitative estimate of drug-likeness (QED) is 0.882. The fourth-order valence-corrected chi connectivity index (χ4v) is 3.95. The molecule has 0 amide bonds. The molecule has 2 N–H and O–H groups in total. The minimum absolute atomic E-state index is 0.0757. The van der Waals surface area contributed by atoms with Crippen molar-refractivity contribution in [3.05, 3.63) is 53.6 Å². The zero-order valence-electron chi connectivity index (χ0n) is 11.0. The topological polar surface area (TPSA) is 63.4 Å². The number of nitrogens with two attached hydrogens (primary N) is 1. The Morgan fingerprint density at radius 2 is 1.70 bits per heavy atom. The Morgan fingerprint density at radius 1 is 1.10 bits per heavy atom. The predicted molar refractivity (Wildman–Crippen MR) is 82.5 cm³/mol. The van der Waals surface area contributed by atoms with E-state index in [9.17, 15) is 8.42 Å². The molecule has 106 valence electrons. The molecule has 0 aliphatic rings. The standard InChI is InChI=1S/C14H15ClN2O2S/c1-2-17(13-9-5-4-8-12(13)16)20(18,19)14-10-6-3-7-11(14)15/h3-10H,2,16H2,1H3. The number of halogens is 1. The van der Waals surface area contributed by atoms with Gasteiger partial charge in [0.1, 0.15) is 4.90 Å². The van der Waals surface area contributed by atoms with Crippen molar-refractivity contribution in [3.8, 4) is 0 Å². The summed E-state index contributed by atoms with van der Waals surface area (Å²) in [5, 5.41) is 0.195. The number of para-hydroxylation sites is 2. The zero-order chi connectivity index (χ0) is 14.8. The lowest BCUT2D eigenvalue weighted by Crippen LogP contribution is -2.31. The molecular weight excluding hydrogens is 296 g/mol. The molecule has 0 radical (unpaired) electrons. The molecule has 0 aromatic heterocycles. The molecule has 0 bridgehead atoms. The number of nitrogen functional groups attached to an aromatic ring is 1. The van der Waals surface area contributed by atoms with Crippen LogP contribution >= 0.6 is 11.6 Å². The lowest BCUT2D eigenvalue weighted by Gasteiger charge is -2.24. The molecule has 20 heavy (non-hydrogen) atoms. The number of benzene rings is 2. The second-order valence-corrected chi connectivity index (χ2v) is 6.40. The fourth-order valence-electron chi connectivity index (χ4n) is 1.96. The molecule has 0 atom stereocenters. The Hall–Kier alpha value is -1.72. The second kappa shape index (κ2) is 5.73. The van der Waals surface area contributed by atoms with Crippen molar-refractivity contribution in [2.45, 2.75) is 11.8 Å². The Balaban J connectivity index is 2.58. The maximum atomic E-state index is 12.7. The first-order valence-corrected chi connectivity index (χ1v) is 7.92. The lowest BCUT2D eigenvalue weighted by atomic mass is 10.3. The third-order valence-corrected chi connectivity index (χ3v) is 5.29. The minimum Gasteiger partial charge on any atom is -0.397 e. The van der Waals surface area contributed by atoms with E-state index in [2.05, 4.69) is 0 Å². The maximum absolute atomic E-state index is 12.7. The van der Waals surface area contributed by atoms with E-state index in [0.29, 0.717) is 11.4 Å². The highest BCUT2D eigenvalue weighted by molar-refractivity contribution is 7.93. The highest BCUT2D eigenvalue weighted by Crippen LogP contribution is 2.31. The van der Waals surface area contributed by atoms with Crippen LogP contribution in [0.5, 0.6) is 0 Å². The van der Waals surface area contributed by atoms with Crippen LogP contribution in [0.15, 0.2) is 53.4 Å². The first kappa shape index (κ1) is 14.7. The van der Waals surface area contributed by atoms with Crippen LogP contribution in [0.25, 0.3) is 0 Å². The van der Waals surface area contributed by atoms with Crippen LogP contribution in [-0.4, -0.2) is 15.0 Å². The zero-order valence-corrected chi connectivity index (χ0v) is 12.5. The van der Waals surface area contributed by atoms with Crippen LogP contribution in [-0.2, 0) is 10.0 Å². The van der Waals surface area contributed by atoms with Crippen molar-refractivity contribution < 1.29 is 8.42 Å². The predicted octanol–water partition coefficient (Wildman–Crippen LogP) is 3.14. The Morgan fingerprint density at radius 3 is 2.30 bits per heavy atom. The van der Waals surface area contributed by atoms with E-state index >= 15 is 0 Å². The monoisotopic (exact) mass is 310 g/mol. The molecule has 2 rings (SSSR count). The third-order valence-electron chi connectivity index (χ3n) is 2.90. The van der Waals surface area contributed by atoms with Gasteiger partial charge in [-0.3, -0.25) is 4.31 Å². The average molecular weight is 311 g/mol. The van der Waals surface area contributed by atoms with Crippen molar-refractivity contribution in [1.29, 1.82) is 0 Å². The molecular formula is C14H15ClN2O2S. The summed E-state index contributed by atoms with van der Waals surface area (Å²) in [5.41, 5.74) is 6.73. The summed E-state index contributed by atoms with van der Waals surface area (Å²) >= 11 is 6.00. The van der Waals surface area contributed by atoms with Crippen LogP contribution in [0.4, 0.5) is 11.4 Å². The van der Waals surface area contributed by atoms with Crippen LogP contribution in [0.3, 0.4) is 0 Å². The summed E-state index contributed by atoms with van der Waals surface area (Å²) in [4.78, 5) is 0.0757. The lowest BCUT2D eigenvalue weighted by molar-refractivity contribution is 0.592. The van der Waals surface area contributed by atoms with Gasteiger partial charge in [0.2, 0.25) is 0 Å². The average Bonchev–Trinajstić information content (AvgIpc) is 2.42. The molecule has 2 aromatic rings. The summed E-state index contributed by atoms with van der Waals surface area (Å²) in [6, 6.07) is 13.2. The van der Waals surface area contributed by atoms with Gasteiger partial charge in [-0.05, 0) is 31.2 Å². The molecule has 0 fully saturated rings. The van der Waals surface area contributed by atoms with Crippen LogP contribution < -0.4 is 10.0 Å². The number of sulfonamides is 1. The van der Waals surface area contributed by atoms with Crippen LogP contribution in [0, 0.1) is 0 Å². The molecule has 0 unspecified atom stereocenters. The summed E-state index contributed by atoms with van der Waals surface area (Å²) in [5.74, 6) is 0. The molecule has 0 heterocycles. The van der Waals surface area contributed by atoms with Gasteiger partial charge < -0.3 is 5.73 Å². The number of hydrogen-bond acceptors (Lipinski definition) is 3. The molecule has 0 saturated carbocycles. The first-order valence-electron chi connectivity index (χ1n) is 6.10. The van der Waals surface area contributed by atoms with Gasteiger partial charge in [0.25, 0.3) is 10.0 Å². The summed E-state index contributed by atoms with van der Waals surface area (Å²) in [6.07, 6.45) is 0. The van der Waals surface area contributed by atoms with E-state index in [0.717, 1.165) is 0 Å². The van der Waals surface area contributed by atoms with E-state index < -0.39 is 10.0 Å². The van der Waals surface area contributed by atoms with Crippen LogP contribution in [0.1, 0.15) is 6.92 Å². The van der Waals surface area contributed by atoms with Crippen molar-refractivity contribution in [2.75, 3.05) is 16.6 Å². The molecule has 2 aromatic carbocycles. The molecule has 0 aliphatic heterocycles. The van der Waals surface area contributed by atoms with Gasteiger partial charge in [0, 0.05) is 6.54 Å². The second-order valence-electron chi connectivity index (χ2n) is 4.16. The maximum Gasteiger partial charge on any atom is 0.265 e. The fraction of sp³-hybridized carbons (Fsp3) is 0.143. The highest BCUT2D eigenvalue weighted by atomic mass is 35.5. The van der Waals surface area contributed by atoms with Gasteiger partial charge >= 0.3 is 0 Å². The normalized spacial score (nSPS) is 11.3. The van der Waals surface area contributed by atoms with Crippen molar-refractivity contribution in [1.82, 2.24) is 0 Å². The van der Waals surface area contributed by atoms with Crippen molar-refractivity contribution in [2.24, 2.45) is 0 Å². The van der Waals surface area contributed by atoms with Gasteiger partial charge in [-0.25, -0.2) is 8.42 Å². The van der Waals surface area contributed by atoms with E-state index in [-0.39, 0.29) is 16.5 Å². The molecule has 0 aliphatic carbocycles. The highest BCUT2D eigenvalue weighted by Gasteiger charge is 2.26. The van der Waals surface area contributed by atoms with Crippen LogP contribution in [0.2, 0.25) is 5.02 Å². The Kier molecular flexibility index (Phi) is 4.20. The SMILES string of the molecule is CCN(c1ccccc1N)S(=O)(=O)c1ccccc1Cl. The van der Waals surface area contributed by atoms with E-state index in [4.69, 9.17) is 17.3 Å². The van der Waals surface area contributed by atoms with Gasteiger partial charge in [-0.2, -0.15) is 0 Å². The summed E-state index contributed by atoms with van der Waals surface area (Å²) in [6.45, 7) is 2.02. The van der Waals surface area contributed by atoms with E-state index in [1.807, 2.05) is 0 Å². The molecule has 4 nitrogen and oxygen atoms in total. The Bertz CT molecular complexity index is 717. The largest absolute Gasteiger partial charge is 0.397 e. The van der Waals surface area contributed by atoms with Crippen molar-refractivity contribution in [3.63, 3.8) is 0 Å². The third kappa shape index (κ3) is 2.59. The first-order chi connectivity index (χ1) is 9.48. The molecule has 0 saturated heterocycles. The number of rotatable bonds is 4. The number of nitrogens with zero attached hydrogens (tertiary/aromatic N) is 1. The van der Waals surface area contributed by atoms with Gasteiger partial charge in [-0.15, -0.1) is 0 Å². The van der Waals surface area contributed by atoms with E-state index in [1.54, 1.807) is 49.4 Å². The summed E-state index contributed by atoms with van der Waals surface area (Å²) < 4.78 is 26.7. The Labute approximate surface area is 123 Å². The van der Waals surface area contributed by atoms with Gasteiger partial charge in [0.05, 0.1) is 16.4 Å². The van der Waals surface area contributed by atoms with E-state index in [1.165, 1.54) is 10.4 Å².